The zero-order valence-corrected chi connectivity index (χ0v) is 10.5. The van der Waals surface area contributed by atoms with Gasteiger partial charge in [-0.25, -0.2) is 0 Å². The SMILES string of the molecule is CN(Cc1ccc(N(C)C)cc1)C(=O)C(F)(F)F. The van der Waals surface area contributed by atoms with Crippen molar-refractivity contribution in [2.75, 3.05) is 26.0 Å². The van der Waals surface area contributed by atoms with Crippen LogP contribution in [-0.4, -0.2) is 38.1 Å². The number of benzene rings is 1. The highest BCUT2D eigenvalue weighted by Gasteiger charge is 2.41. The summed E-state index contributed by atoms with van der Waals surface area (Å²) in [6.07, 6.45) is -4.82. The molecule has 0 aliphatic heterocycles. The van der Waals surface area contributed by atoms with E-state index in [1.54, 1.807) is 24.3 Å². The van der Waals surface area contributed by atoms with Crippen molar-refractivity contribution in [3.05, 3.63) is 29.8 Å². The van der Waals surface area contributed by atoms with Crippen molar-refractivity contribution >= 4 is 11.6 Å². The number of amides is 1. The molecule has 1 aromatic rings. The first-order chi connectivity index (χ1) is 8.21. The summed E-state index contributed by atoms with van der Waals surface area (Å²) in [5.41, 5.74) is 1.60. The van der Waals surface area contributed by atoms with Gasteiger partial charge in [0.2, 0.25) is 0 Å². The lowest BCUT2D eigenvalue weighted by atomic mass is 10.2. The standard InChI is InChI=1S/C12H15F3N2O/c1-16(2)10-6-4-9(5-7-10)8-17(3)11(18)12(13,14)15/h4-7H,8H2,1-3H3. The first kappa shape index (κ1) is 14.3. The lowest BCUT2D eigenvalue weighted by Gasteiger charge is -2.19. The fourth-order valence-corrected chi connectivity index (χ4v) is 1.46. The number of carbonyl (C=O) groups excluding carboxylic acids is 1. The van der Waals surface area contributed by atoms with Gasteiger partial charge in [0.25, 0.3) is 0 Å². The molecule has 0 aromatic heterocycles. The molecule has 0 aliphatic carbocycles. The van der Waals surface area contributed by atoms with Gasteiger partial charge in [-0.3, -0.25) is 4.79 Å². The van der Waals surface area contributed by atoms with Crippen LogP contribution < -0.4 is 4.90 Å². The van der Waals surface area contributed by atoms with Crippen LogP contribution in [0.15, 0.2) is 24.3 Å². The van der Waals surface area contributed by atoms with Crippen LogP contribution in [0.5, 0.6) is 0 Å². The highest BCUT2D eigenvalue weighted by molar-refractivity contribution is 5.81. The molecule has 1 rings (SSSR count). The second-order valence-corrected chi connectivity index (χ2v) is 4.22. The molecule has 0 N–H and O–H groups in total. The predicted octanol–water partition coefficient (Wildman–Crippen LogP) is 2.27. The first-order valence-corrected chi connectivity index (χ1v) is 5.30. The van der Waals surface area contributed by atoms with Gasteiger partial charge in [0.05, 0.1) is 0 Å². The summed E-state index contributed by atoms with van der Waals surface area (Å²) >= 11 is 0. The summed E-state index contributed by atoms with van der Waals surface area (Å²) in [7, 11) is 4.87. The lowest BCUT2D eigenvalue weighted by molar-refractivity contribution is -0.184. The Morgan fingerprint density at radius 2 is 1.61 bits per heavy atom. The van der Waals surface area contributed by atoms with E-state index in [-0.39, 0.29) is 6.54 Å². The van der Waals surface area contributed by atoms with Crippen molar-refractivity contribution in [1.29, 1.82) is 0 Å². The van der Waals surface area contributed by atoms with E-state index in [1.807, 2.05) is 19.0 Å². The Labute approximate surface area is 104 Å². The maximum atomic E-state index is 12.2. The van der Waals surface area contributed by atoms with Gasteiger partial charge in [0.1, 0.15) is 0 Å². The van der Waals surface area contributed by atoms with Crippen molar-refractivity contribution in [3.63, 3.8) is 0 Å². The number of alkyl halides is 3. The molecule has 1 amide bonds. The number of carbonyl (C=O) groups is 1. The van der Waals surface area contributed by atoms with Gasteiger partial charge in [-0.1, -0.05) is 12.1 Å². The largest absolute Gasteiger partial charge is 0.471 e. The van der Waals surface area contributed by atoms with Crippen LogP contribution in [0, 0.1) is 0 Å². The summed E-state index contributed by atoms with van der Waals surface area (Å²) < 4.78 is 36.5. The third-order valence-electron chi connectivity index (χ3n) is 2.46. The molecular formula is C12H15F3N2O. The molecule has 0 radical (unpaired) electrons. The minimum absolute atomic E-state index is 0.0634. The van der Waals surface area contributed by atoms with Crippen molar-refractivity contribution in [3.8, 4) is 0 Å². The number of hydrogen-bond donors (Lipinski definition) is 0. The molecule has 0 bridgehead atoms. The van der Waals surface area contributed by atoms with Crippen LogP contribution in [0.1, 0.15) is 5.56 Å². The Morgan fingerprint density at radius 1 is 1.11 bits per heavy atom. The van der Waals surface area contributed by atoms with Gasteiger partial charge in [-0.15, -0.1) is 0 Å². The molecule has 0 aliphatic rings. The average molecular weight is 260 g/mol. The number of nitrogens with zero attached hydrogens (tertiary/aromatic N) is 2. The Morgan fingerprint density at radius 3 is 2.00 bits per heavy atom. The number of halogens is 3. The topological polar surface area (TPSA) is 23.6 Å². The monoisotopic (exact) mass is 260 g/mol. The summed E-state index contributed by atoms with van der Waals surface area (Å²) in [6.45, 7) is -0.0634. The quantitative estimate of drug-likeness (QED) is 0.832. The van der Waals surface area contributed by atoms with Gasteiger partial charge in [0.15, 0.2) is 0 Å². The maximum absolute atomic E-state index is 12.2. The van der Waals surface area contributed by atoms with E-state index < -0.39 is 12.1 Å². The van der Waals surface area contributed by atoms with Crippen LogP contribution >= 0.6 is 0 Å². The highest BCUT2D eigenvalue weighted by Crippen LogP contribution is 2.19. The molecule has 100 valence electrons. The van der Waals surface area contributed by atoms with Gasteiger partial charge >= 0.3 is 12.1 Å². The Bertz CT molecular complexity index is 412. The van der Waals surface area contributed by atoms with E-state index in [1.165, 1.54) is 0 Å². The minimum atomic E-state index is -4.82. The van der Waals surface area contributed by atoms with Crippen LogP contribution in [0.2, 0.25) is 0 Å². The molecule has 0 atom stereocenters. The summed E-state index contributed by atoms with van der Waals surface area (Å²) in [4.78, 5) is 13.5. The van der Waals surface area contributed by atoms with E-state index in [0.29, 0.717) is 10.5 Å². The molecular weight excluding hydrogens is 245 g/mol. The normalized spacial score (nSPS) is 11.2. The minimum Gasteiger partial charge on any atom is -0.378 e. The van der Waals surface area contributed by atoms with Crippen molar-refractivity contribution in [2.24, 2.45) is 0 Å². The maximum Gasteiger partial charge on any atom is 0.471 e. The molecule has 18 heavy (non-hydrogen) atoms. The van der Waals surface area contributed by atoms with E-state index >= 15 is 0 Å². The van der Waals surface area contributed by atoms with Gasteiger partial charge < -0.3 is 9.80 Å². The lowest BCUT2D eigenvalue weighted by Crippen LogP contribution is -2.37. The Balaban J connectivity index is 2.71. The molecule has 0 saturated heterocycles. The third-order valence-corrected chi connectivity index (χ3v) is 2.46. The molecule has 6 heteroatoms. The molecule has 0 spiro atoms. The zero-order valence-electron chi connectivity index (χ0n) is 10.5. The van der Waals surface area contributed by atoms with Gasteiger partial charge in [-0.05, 0) is 17.7 Å². The molecule has 0 saturated carbocycles. The summed E-state index contributed by atoms with van der Waals surface area (Å²) in [5, 5.41) is 0. The van der Waals surface area contributed by atoms with Crippen LogP contribution in [0.3, 0.4) is 0 Å². The van der Waals surface area contributed by atoms with Crippen LogP contribution in [0.25, 0.3) is 0 Å². The van der Waals surface area contributed by atoms with E-state index in [4.69, 9.17) is 0 Å². The van der Waals surface area contributed by atoms with Crippen molar-refractivity contribution < 1.29 is 18.0 Å². The average Bonchev–Trinajstić information content (AvgIpc) is 2.27. The molecule has 3 nitrogen and oxygen atoms in total. The predicted molar refractivity (Wildman–Crippen MR) is 63.3 cm³/mol. The first-order valence-electron chi connectivity index (χ1n) is 5.30. The van der Waals surface area contributed by atoms with E-state index in [2.05, 4.69) is 0 Å². The highest BCUT2D eigenvalue weighted by atomic mass is 19.4. The van der Waals surface area contributed by atoms with Crippen molar-refractivity contribution in [1.82, 2.24) is 4.90 Å². The number of rotatable bonds is 3. The zero-order chi connectivity index (χ0) is 13.9. The number of anilines is 1. The van der Waals surface area contributed by atoms with E-state index in [0.717, 1.165) is 12.7 Å². The Kier molecular flexibility index (Phi) is 4.21. The van der Waals surface area contributed by atoms with Crippen LogP contribution in [-0.2, 0) is 11.3 Å². The van der Waals surface area contributed by atoms with Crippen LogP contribution in [0.4, 0.5) is 18.9 Å². The molecule has 0 unspecified atom stereocenters. The second-order valence-electron chi connectivity index (χ2n) is 4.22. The fourth-order valence-electron chi connectivity index (χ4n) is 1.46. The van der Waals surface area contributed by atoms with Gasteiger partial charge in [0, 0.05) is 33.4 Å². The number of hydrogen-bond acceptors (Lipinski definition) is 2. The summed E-state index contributed by atoms with van der Waals surface area (Å²) in [6, 6.07) is 6.99. The second kappa shape index (κ2) is 5.29. The van der Waals surface area contributed by atoms with E-state index in [9.17, 15) is 18.0 Å². The van der Waals surface area contributed by atoms with Gasteiger partial charge in [-0.2, -0.15) is 13.2 Å². The summed E-state index contributed by atoms with van der Waals surface area (Å²) in [5.74, 6) is -1.83. The Hall–Kier alpha value is -1.72. The fraction of sp³-hybridized carbons (Fsp3) is 0.417. The molecule has 1 aromatic carbocycles. The molecule has 0 fully saturated rings. The van der Waals surface area contributed by atoms with Crippen molar-refractivity contribution in [2.45, 2.75) is 12.7 Å². The molecule has 0 heterocycles. The third kappa shape index (κ3) is 3.65. The smallest absolute Gasteiger partial charge is 0.378 e.